The fraction of sp³-hybridized carbons (Fsp3) is 0.278. The molecule has 0 saturated carbocycles. The molecule has 0 saturated heterocycles. The first-order valence-electron chi connectivity index (χ1n) is 7.08. The second kappa shape index (κ2) is 5.41. The minimum Gasteiger partial charge on any atom is -0.289 e. The monoisotopic (exact) mass is 284 g/mol. The van der Waals surface area contributed by atoms with Gasteiger partial charge in [0.15, 0.2) is 5.78 Å². The Morgan fingerprint density at radius 2 is 1.75 bits per heavy atom. The highest BCUT2D eigenvalue weighted by Gasteiger charge is 2.15. The Labute approximate surface area is 124 Å². The molecule has 1 nitrogen and oxygen atoms in total. The van der Waals surface area contributed by atoms with Crippen molar-refractivity contribution in [3.63, 3.8) is 0 Å². The van der Waals surface area contributed by atoms with Crippen molar-refractivity contribution in [1.82, 2.24) is 0 Å². The Balaban J connectivity index is 2.00. The first kappa shape index (κ1) is 13.4. The highest BCUT2D eigenvalue weighted by Crippen LogP contribution is 2.25. The lowest BCUT2D eigenvalue weighted by Gasteiger charge is -2.16. The smallest absolute Gasteiger partial charge is 0.193 e. The molecule has 0 radical (unpaired) electrons. The number of hydrogen-bond donors (Lipinski definition) is 0. The van der Waals surface area contributed by atoms with Gasteiger partial charge in [-0.15, -0.1) is 0 Å². The van der Waals surface area contributed by atoms with Crippen molar-refractivity contribution in [3.05, 3.63) is 69.2 Å². The van der Waals surface area contributed by atoms with Gasteiger partial charge in [0.05, 0.1) is 0 Å². The summed E-state index contributed by atoms with van der Waals surface area (Å²) in [5.74, 6) is 0.0679. The fourth-order valence-corrected chi connectivity index (χ4v) is 3.04. The second-order valence-corrected chi connectivity index (χ2v) is 5.92. The van der Waals surface area contributed by atoms with Gasteiger partial charge in [0.25, 0.3) is 0 Å². The van der Waals surface area contributed by atoms with Crippen LogP contribution >= 0.6 is 11.6 Å². The zero-order valence-corrected chi connectivity index (χ0v) is 12.3. The molecule has 2 aromatic rings. The third-order valence-electron chi connectivity index (χ3n) is 4.05. The van der Waals surface area contributed by atoms with Gasteiger partial charge in [-0.1, -0.05) is 29.8 Å². The van der Waals surface area contributed by atoms with Crippen molar-refractivity contribution in [2.24, 2.45) is 0 Å². The number of ketones is 1. The van der Waals surface area contributed by atoms with Crippen LogP contribution in [-0.4, -0.2) is 5.78 Å². The number of benzene rings is 2. The van der Waals surface area contributed by atoms with Crippen LogP contribution in [0.3, 0.4) is 0 Å². The van der Waals surface area contributed by atoms with Crippen LogP contribution in [0.1, 0.15) is 45.5 Å². The first-order valence-corrected chi connectivity index (χ1v) is 7.45. The molecule has 0 aromatic heterocycles. The highest BCUT2D eigenvalue weighted by atomic mass is 35.5. The van der Waals surface area contributed by atoms with Crippen LogP contribution in [0, 0.1) is 6.92 Å². The van der Waals surface area contributed by atoms with E-state index in [1.807, 2.05) is 25.1 Å². The van der Waals surface area contributed by atoms with Crippen LogP contribution in [0.15, 0.2) is 36.4 Å². The predicted octanol–water partition coefficient (Wildman–Crippen LogP) is 4.76. The van der Waals surface area contributed by atoms with Gasteiger partial charge >= 0.3 is 0 Å². The summed E-state index contributed by atoms with van der Waals surface area (Å²) in [7, 11) is 0. The summed E-state index contributed by atoms with van der Waals surface area (Å²) in [5, 5.41) is 0.608. The molecule has 1 aliphatic rings. The Bertz CT molecular complexity index is 673. The molecule has 0 spiro atoms. The van der Waals surface area contributed by atoms with Crippen LogP contribution in [0.25, 0.3) is 0 Å². The molecular formula is C18H17ClO. The summed E-state index contributed by atoms with van der Waals surface area (Å²) < 4.78 is 0. The van der Waals surface area contributed by atoms with E-state index in [4.69, 9.17) is 11.6 Å². The van der Waals surface area contributed by atoms with E-state index in [2.05, 4.69) is 12.1 Å². The van der Waals surface area contributed by atoms with Gasteiger partial charge < -0.3 is 0 Å². The lowest BCUT2D eigenvalue weighted by Crippen LogP contribution is -2.08. The molecule has 0 unspecified atom stereocenters. The van der Waals surface area contributed by atoms with Crippen molar-refractivity contribution in [2.45, 2.75) is 32.6 Å². The predicted molar refractivity (Wildman–Crippen MR) is 82.7 cm³/mol. The molecule has 3 rings (SSSR count). The van der Waals surface area contributed by atoms with E-state index >= 15 is 0 Å². The average molecular weight is 285 g/mol. The molecule has 0 N–H and O–H groups in total. The summed E-state index contributed by atoms with van der Waals surface area (Å²) in [6, 6.07) is 11.6. The summed E-state index contributed by atoms with van der Waals surface area (Å²) in [4.78, 5) is 12.6. The van der Waals surface area contributed by atoms with Crippen LogP contribution < -0.4 is 0 Å². The van der Waals surface area contributed by atoms with E-state index in [-0.39, 0.29) is 5.78 Å². The molecule has 0 amide bonds. The first-order chi connectivity index (χ1) is 9.65. The molecule has 20 heavy (non-hydrogen) atoms. The van der Waals surface area contributed by atoms with Gasteiger partial charge in [0.2, 0.25) is 0 Å². The molecule has 2 aromatic carbocycles. The quantitative estimate of drug-likeness (QED) is 0.727. The molecule has 0 bridgehead atoms. The highest BCUT2D eigenvalue weighted by molar-refractivity contribution is 6.31. The lowest BCUT2D eigenvalue weighted by molar-refractivity contribution is 0.103. The summed E-state index contributed by atoms with van der Waals surface area (Å²) in [5.41, 5.74) is 5.18. The van der Waals surface area contributed by atoms with E-state index in [0.29, 0.717) is 10.6 Å². The Morgan fingerprint density at radius 1 is 1.00 bits per heavy atom. The molecule has 102 valence electrons. The molecule has 0 heterocycles. The van der Waals surface area contributed by atoms with Crippen molar-refractivity contribution in [2.75, 3.05) is 0 Å². The average Bonchev–Trinajstić information content (AvgIpc) is 2.48. The number of halogens is 1. The number of fused-ring (bicyclic) bond motifs is 1. The van der Waals surface area contributed by atoms with Gasteiger partial charge in [0.1, 0.15) is 0 Å². The summed E-state index contributed by atoms with van der Waals surface area (Å²) in [6.07, 6.45) is 4.71. The molecule has 0 fully saturated rings. The standard InChI is InChI=1S/C18H17ClO/c1-12-6-9-16(19)11-17(12)18(20)15-8-7-13-4-2-3-5-14(13)10-15/h6-11H,2-5H2,1H3. The van der Waals surface area contributed by atoms with E-state index in [0.717, 1.165) is 24.0 Å². The van der Waals surface area contributed by atoms with E-state index in [1.54, 1.807) is 6.07 Å². The fourth-order valence-electron chi connectivity index (χ4n) is 2.87. The summed E-state index contributed by atoms with van der Waals surface area (Å²) >= 11 is 6.01. The maximum absolute atomic E-state index is 12.6. The van der Waals surface area contributed by atoms with Gasteiger partial charge in [-0.3, -0.25) is 4.79 Å². The van der Waals surface area contributed by atoms with E-state index < -0.39 is 0 Å². The topological polar surface area (TPSA) is 17.1 Å². The molecule has 0 aliphatic heterocycles. The third-order valence-corrected chi connectivity index (χ3v) is 4.29. The minimum atomic E-state index is 0.0679. The SMILES string of the molecule is Cc1ccc(Cl)cc1C(=O)c1ccc2c(c1)CCCC2. The van der Waals surface area contributed by atoms with Crippen molar-refractivity contribution in [3.8, 4) is 0 Å². The minimum absolute atomic E-state index is 0.0679. The van der Waals surface area contributed by atoms with Gasteiger partial charge in [-0.05, 0) is 67.5 Å². The van der Waals surface area contributed by atoms with Gasteiger partial charge in [0, 0.05) is 16.1 Å². The van der Waals surface area contributed by atoms with Crippen LogP contribution in [-0.2, 0) is 12.8 Å². The van der Waals surface area contributed by atoms with Crippen molar-refractivity contribution in [1.29, 1.82) is 0 Å². The molecular weight excluding hydrogens is 268 g/mol. The maximum Gasteiger partial charge on any atom is 0.193 e. The Hall–Kier alpha value is -1.60. The van der Waals surface area contributed by atoms with Gasteiger partial charge in [-0.25, -0.2) is 0 Å². The molecule has 2 heteroatoms. The number of carbonyl (C=O) groups is 1. The molecule has 0 atom stereocenters. The van der Waals surface area contributed by atoms with Crippen molar-refractivity contribution >= 4 is 17.4 Å². The van der Waals surface area contributed by atoms with Crippen LogP contribution in [0.2, 0.25) is 5.02 Å². The Kier molecular flexibility index (Phi) is 3.62. The lowest BCUT2D eigenvalue weighted by atomic mass is 9.88. The number of carbonyl (C=O) groups excluding carboxylic acids is 1. The zero-order valence-electron chi connectivity index (χ0n) is 11.6. The van der Waals surface area contributed by atoms with Gasteiger partial charge in [-0.2, -0.15) is 0 Å². The maximum atomic E-state index is 12.6. The normalized spacial score (nSPS) is 13.9. The number of hydrogen-bond acceptors (Lipinski definition) is 1. The van der Waals surface area contributed by atoms with Crippen LogP contribution in [0.4, 0.5) is 0 Å². The summed E-state index contributed by atoms with van der Waals surface area (Å²) in [6.45, 7) is 1.95. The van der Waals surface area contributed by atoms with E-state index in [1.165, 1.54) is 24.0 Å². The van der Waals surface area contributed by atoms with Crippen molar-refractivity contribution < 1.29 is 4.79 Å². The largest absolute Gasteiger partial charge is 0.289 e. The second-order valence-electron chi connectivity index (χ2n) is 5.48. The number of rotatable bonds is 2. The number of aryl methyl sites for hydroxylation is 3. The zero-order chi connectivity index (χ0) is 14.1. The Morgan fingerprint density at radius 3 is 2.55 bits per heavy atom. The third kappa shape index (κ3) is 2.51. The van der Waals surface area contributed by atoms with E-state index in [9.17, 15) is 4.79 Å². The van der Waals surface area contributed by atoms with Crippen LogP contribution in [0.5, 0.6) is 0 Å². The molecule has 1 aliphatic carbocycles.